The third-order valence-electron chi connectivity index (χ3n) is 3.04. The van der Waals surface area contributed by atoms with E-state index in [1.807, 2.05) is 0 Å². The number of carbonyl (C=O) groups excluding carboxylic acids is 1. The SMILES string of the molecule is Nc1scnc1C(COC=O)C1CCC1. The Morgan fingerprint density at radius 2 is 2.53 bits per heavy atom. The Bertz CT molecular complexity index is 336. The van der Waals surface area contributed by atoms with Crippen LogP contribution in [0.15, 0.2) is 5.51 Å². The van der Waals surface area contributed by atoms with Crippen molar-refractivity contribution in [2.24, 2.45) is 5.92 Å². The second-order valence-corrected chi connectivity index (χ2v) is 4.72. The second-order valence-electron chi connectivity index (χ2n) is 3.83. The number of nitrogen functional groups attached to an aromatic ring is 1. The molecule has 1 fully saturated rings. The lowest BCUT2D eigenvalue weighted by atomic mass is 9.75. The third kappa shape index (κ3) is 2.12. The molecule has 4 nitrogen and oxygen atoms in total. The lowest BCUT2D eigenvalue weighted by molar-refractivity contribution is -0.129. The van der Waals surface area contributed by atoms with Crippen molar-refractivity contribution in [1.82, 2.24) is 4.98 Å². The van der Waals surface area contributed by atoms with Gasteiger partial charge < -0.3 is 10.5 Å². The van der Waals surface area contributed by atoms with E-state index in [4.69, 9.17) is 10.5 Å². The van der Waals surface area contributed by atoms with Gasteiger partial charge in [-0.2, -0.15) is 0 Å². The summed E-state index contributed by atoms with van der Waals surface area (Å²) in [6.07, 6.45) is 3.62. The fourth-order valence-electron chi connectivity index (χ4n) is 1.97. The summed E-state index contributed by atoms with van der Waals surface area (Å²) in [4.78, 5) is 14.5. The van der Waals surface area contributed by atoms with Gasteiger partial charge >= 0.3 is 0 Å². The maximum Gasteiger partial charge on any atom is 0.293 e. The first-order valence-corrected chi connectivity index (χ1v) is 5.95. The summed E-state index contributed by atoms with van der Waals surface area (Å²) in [5, 5.41) is 0.751. The van der Waals surface area contributed by atoms with E-state index < -0.39 is 0 Å². The smallest absolute Gasteiger partial charge is 0.293 e. The number of thiazole rings is 1. The normalized spacial score (nSPS) is 18.1. The van der Waals surface area contributed by atoms with Crippen LogP contribution in [-0.2, 0) is 9.53 Å². The molecule has 1 atom stereocenters. The molecule has 0 aromatic carbocycles. The lowest BCUT2D eigenvalue weighted by Crippen LogP contribution is -2.25. The summed E-state index contributed by atoms with van der Waals surface area (Å²) in [6.45, 7) is 0.899. The number of nitrogens with zero attached hydrogens (tertiary/aromatic N) is 1. The van der Waals surface area contributed by atoms with Crippen LogP contribution < -0.4 is 5.73 Å². The standard InChI is InChI=1S/C10H14N2O2S/c11-10-9(12-5-15-10)8(4-14-6-13)7-2-1-3-7/h5-8H,1-4,11H2. The van der Waals surface area contributed by atoms with Gasteiger partial charge in [0.25, 0.3) is 6.47 Å². The van der Waals surface area contributed by atoms with Gasteiger partial charge in [-0.05, 0) is 18.8 Å². The van der Waals surface area contributed by atoms with Gasteiger partial charge in [0.15, 0.2) is 0 Å². The highest BCUT2D eigenvalue weighted by atomic mass is 32.1. The molecule has 1 heterocycles. The van der Waals surface area contributed by atoms with Crippen LogP contribution in [0.1, 0.15) is 30.9 Å². The largest absolute Gasteiger partial charge is 0.467 e. The molecule has 1 aromatic heterocycles. The lowest BCUT2D eigenvalue weighted by Gasteiger charge is -2.32. The zero-order chi connectivity index (χ0) is 10.7. The number of hydrogen-bond donors (Lipinski definition) is 1. The topological polar surface area (TPSA) is 65.2 Å². The molecule has 82 valence electrons. The molecule has 1 aliphatic carbocycles. The molecule has 0 radical (unpaired) electrons. The van der Waals surface area contributed by atoms with E-state index in [0.717, 1.165) is 10.7 Å². The molecule has 0 amide bonds. The summed E-state index contributed by atoms with van der Waals surface area (Å²) in [6, 6.07) is 0. The number of ether oxygens (including phenoxy) is 1. The summed E-state index contributed by atoms with van der Waals surface area (Å²) in [7, 11) is 0. The summed E-state index contributed by atoms with van der Waals surface area (Å²) in [5.41, 5.74) is 8.50. The maximum atomic E-state index is 10.2. The molecule has 2 rings (SSSR count). The van der Waals surface area contributed by atoms with Gasteiger partial charge in [-0.15, -0.1) is 11.3 Å². The predicted molar refractivity (Wildman–Crippen MR) is 58.6 cm³/mol. The van der Waals surface area contributed by atoms with Crippen LogP contribution in [0, 0.1) is 5.92 Å². The molecule has 1 unspecified atom stereocenters. The van der Waals surface area contributed by atoms with Crippen molar-refractivity contribution in [2.75, 3.05) is 12.3 Å². The van der Waals surface area contributed by atoms with E-state index >= 15 is 0 Å². The molecule has 5 heteroatoms. The highest BCUT2D eigenvalue weighted by Crippen LogP contribution is 2.41. The van der Waals surface area contributed by atoms with Crippen LogP contribution in [0.3, 0.4) is 0 Å². The van der Waals surface area contributed by atoms with E-state index in [2.05, 4.69) is 4.98 Å². The molecule has 2 N–H and O–H groups in total. The summed E-state index contributed by atoms with van der Waals surface area (Å²) in [5.74, 6) is 0.768. The Balaban J connectivity index is 2.10. The number of hydrogen-bond acceptors (Lipinski definition) is 5. The number of carbonyl (C=O) groups is 1. The van der Waals surface area contributed by atoms with Crippen LogP contribution >= 0.6 is 11.3 Å². The van der Waals surface area contributed by atoms with Gasteiger partial charge in [0.2, 0.25) is 0 Å². The van der Waals surface area contributed by atoms with Gasteiger partial charge in [-0.25, -0.2) is 4.98 Å². The van der Waals surface area contributed by atoms with Gasteiger partial charge in [-0.1, -0.05) is 6.42 Å². The maximum absolute atomic E-state index is 10.2. The van der Waals surface area contributed by atoms with Crippen molar-refractivity contribution in [3.05, 3.63) is 11.2 Å². The van der Waals surface area contributed by atoms with E-state index in [-0.39, 0.29) is 5.92 Å². The number of anilines is 1. The molecule has 0 aliphatic heterocycles. The summed E-state index contributed by atoms with van der Waals surface area (Å²) < 4.78 is 4.86. The average molecular weight is 226 g/mol. The van der Waals surface area contributed by atoms with E-state index in [1.165, 1.54) is 30.6 Å². The highest BCUT2D eigenvalue weighted by molar-refractivity contribution is 7.13. The molecule has 1 aromatic rings. The number of aromatic nitrogens is 1. The second kappa shape index (κ2) is 4.61. The molecule has 15 heavy (non-hydrogen) atoms. The van der Waals surface area contributed by atoms with Crippen LogP contribution in [0.4, 0.5) is 5.00 Å². The first-order chi connectivity index (χ1) is 7.33. The Kier molecular flexibility index (Phi) is 3.20. The van der Waals surface area contributed by atoms with E-state index in [0.29, 0.717) is 19.0 Å². The summed E-state index contributed by atoms with van der Waals surface area (Å²) >= 11 is 1.44. The molecular formula is C10H14N2O2S. The van der Waals surface area contributed by atoms with Crippen LogP contribution in [-0.4, -0.2) is 18.1 Å². The van der Waals surface area contributed by atoms with Crippen LogP contribution in [0.25, 0.3) is 0 Å². The highest BCUT2D eigenvalue weighted by Gasteiger charge is 2.31. The molecule has 1 aliphatic rings. The van der Waals surface area contributed by atoms with Crippen molar-refractivity contribution >= 4 is 22.8 Å². The van der Waals surface area contributed by atoms with Gasteiger partial charge in [0.05, 0.1) is 17.8 Å². The minimum absolute atomic E-state index is 0.190. The number of nitrogens with two attached hydrogens (primary N) is 1. The quantitative estimate of drug-likeness (QED) is 0.777. The van der Waals surface area contributed by atoms with Crippen LogP contribution in [0.2, 0.25) is 0 Å². The Hall–Kier alpha value is -1.10. The van der Waals surface area contributed by atoms with E-state index in [1.54, 1.807) is 5.51 Å². The fourth-order valence-corrected chi connectivity index (χ4v) is 2.57. The van der Waals surface area contributed by atoms with Gasteiger partial charge in [0.1, 0.15) is 5.00 Å². The molecule has 0 bridgehead atoms. The molecule has 1 saturated carbocycles. The monoisotopic (exact) mass is 226 g/mol. The van der Waals surface area contributed by atoms with Crippen molar-refractivity contribution in [2.45, 2.75) is 25.2 Å². The minimum atomic E-state index is 0.190. The zero-order valence-electron chi connectivity index (χ0n) is 8.39. The van der Waals surface area contributed by atoms with Crippen molar-refractivity contribution in [1.29, 1.82) is 0 Å². The Labute approximate surface area is 92.5 Å². The Morgan fingerprint density at radius 1 is 1.73 bits per heavy atom. The zero-order valence-corrected chi connectivity index (χ0v) is 9.20. The van der Waals surface area contributed by atoms with Crippen molar-refractivity contribution in [3.8, 4) is 0 Å². The fraction of sp³-hybridized carbons (Fsp3) is 0.600. The van der Waals surface area contributed by atoms with Gasteiger partial charge in [-0.3, -0.25) is 4.79 Å². The minimum Gasteiger partial charge on any atom is -0.467 e. The van der Waals surface area contributed by atoms with Gasteiger partial charge in [0, 0.05) is 5.92 Å². The Morgan fingerprint density at radius 3 is 3.00 bits per heavy atom. The predicted octanol–water partition coefficient (Wildman–Crippen LogP) is 1.78. The molecule has 0 spiro atoms. The molecular weight excluding hydrogens is 212 g/mol. The first-order valence-electron chi connectivity index (χ1n) is 5.07. The average Bonchev–Trinajstić information content (AvgIpc) is 2.55. The third-order valence-corrected chi connectivity index (χ3v) is 3.71. The van der Waals surface area contributed by atoms with Crippen molar-refractivity contribution in [3.63, 3.8) is 0 Å². The molecule has 0 saturated heterocycles. The number of rotatable bonds is 5. The van der Waals surface area contributed by atoms with Crippen LogP contribution in [0.5, 0.6) is 0 Å². The first kappa shape index (κ1) is 10.4. The van der Waals surface area contributed by atoms with Crippen molar-refractivity contribution < 1.29 is 9.53 Å². The van der Waals surface area contributed by atoms with E-state index in [9.17, 15) is 4.79 Å².